The van der Waals surface area contributed by atoms with Crippen molar-refractivity contribution in [3.05, 3.63) is 119 Å². The summed E-state index contributed by atoms with van der Waals surface area (Å²) in [5.41, 5.74) is 5.87. The van der Waals surface area contributed by atoms with E-state index in [1.807, 2.05) is 97.1 Å². The fraction of sp³-hybridized carbons (Fsp3) is 0.316. The molecule has 3 N–H and O–H groups in total. The predicted octanol–water partition coefficient (Wildman–Crippen LogP) is 6.68. The molecule has 0 aromatic heterocycles. The lowest BCUT2D eigenvalue weighted by molar-refractivity contribution is 0.0679. The van der Waals surface area contributed by atoms with Crippen LogP contribution in [0.2, 0.25) is 0 Å². The number of methoxy groups -OCH3 is 1. The molecule has 0 heterocycles. The summed E-state index contributed by atoms with van der Waals surface area (Å²) < 4.78 is 73.8. The lowest BCUT2D eigenvalue weighted by Crippen LogP contribution is -2.53. The summed E-state index contributed by atoms with van der Waals surface area (Å²) in [5, 5.41) is 2.48. The highest BCUT2D eigenvalue weighted by Crippen LogP contribution is 2.48. The predicted molar refractivity (Wildman–Crippen MR) is 197 cm³/mol. The molecule has 2 aliphatic rings. The van der Waals surface area contributed by atoms with Crippen LogP contribution in [0.1, 0.15) is 61.9 Å². The number of amides is 2. The number of fused-ring (bicyclic) bond motifs is 6. The van der Waals surface area contributed by atoms with E-state index < -0.39 is 61.0 Å². The Hall–Kier alpha value is -4.76. The van der Waals surface area contributed by atoms with Crippen molar-refractivity contribution in [3.8, 4) is 22.3 Å². The first kappa shape index (κ1) is 38.5. The highest BCUT2D eigenvalue weighted by Gasteiger charge is 2.45. The molecule has 2 amide bonds. The summed E-state index contributed by atoms with van der Waals surface area (Å²) in [6.45, 7) is 6.34. The van der Waals surface area contributed by atoms with Gasteiger partial charge in [0.05, 0.1) is 35.7 Å². The zero-order chi connectivity index (χ0) is 38.1. The van der Waals surface area contributed by atoms with Crippen molar-refractivity contribution in [1.29, 1.82) is 0 Å². The van der Waals surface area contributed by atoms with Gasteiger partial charge in [0, 0.05) is 5.92 Å². The highest BCUT2D eigenvalue weighted by molar-refractivity contribution is 7.86. The summed E-state index contributed by atoms with van der Waals surface area (Å²) in [6, 6.07) is 30.8. The van der Waals surface area contributed by atoms with Gasteiger partial charge in [-0.2, -0.15) is 16.8 Å². The molecule has 0 atom stereocenters. The van der Waals surface area contributed by atoms with E-state index in [1.165, 1.54) is 25.9 Å². The summed E-state index contributed by atoms with van der Waals surface area (Å²) in [4.78, 5) is 26.2. The molecular formula is C38H42N2O10S2. The average Bonchev–Trinajstić information content (AvgIpc) is 3.54. The topological polar surface area (TPSA) is 177 Å². The van der Waals surface area contributed by atoms with Gasteiger partial charge in [0.15, 0.2) is 0 Å². The van der Waals surface area contributed by atoms with Crippen molar-refractivity contribution in [2.24, 2.45) is 0 Å². The summed E-state index contributed by atoms with van der Waals surface area (Å²) in [5.74, 6) is -1.27. The van der Waals surface area contributed by atoms with Gasteiger partial charge in [0.25, 0.3) is 20.2 Å². The molecule has 2 aliphatic carbocycles. The Morgan fingerprint density at radius 1 is 0.673 bits per heavy atom. The number of hydrogen-bond donors (Lipinski definition) is 3. The third-order valence-corrected chi connectivity index (χ3v) is 11.1. The molecule has 4 aromatic rings. The van der Waals surface area contributed by atoms with Crippen LogP contribution in [0.4, 0.5) is 9.59 Å². The maximum Gasteiger partial charge on any atom is 0.410 e. The number of nitrogens with one attached hydrogen (secondary N) is 1. The molecule has 0 radical (unpaired) electrons. The molecule has 276 valence electrons. The van der Waals surface area contributed by atoms with Crippen molar-refractivity contribution >= 4 is 32.4 Å². The highest BCUT2D eigenvalue weighted by atomic mass is 32.2. The van der Waals surface area contributed by atoms with Crippen LogP contribution in [-0.2, 0) is 29.7 Å². The van der Waals surface area contributed by atoms with Crippen molar-refractivity contribution < 1.29 is 45.0 Å². The van der Waals surface area contributed by atoms with Crippen LogP contribution in [0.15, 0.2) is 97.1 Å². The maximum absolute atomic E-state index is 12.7. The average molecular weight is 751 g/mol. The van der Waals surface area contributed by atoms with Crippen LogP contribution < -0.4 is 5.32 Å². The number of alkyl carbamates (subject to hydrolysis) is 1. The van der Waals surface area contributed by atoms with Gasteiger partial charge in [-0.25, -0.2) is 9.59 Å². The van der Waals surface area contributed by atoms with Crippen LogP contribution in [0, 0.1) is 0 Å². The first-order valence-corrected chi connectivity index (χ1v) is 19.6. The van der Waals surface area contributed by atoms with Crippen molar-refractivity contribution in [2.45, 2.75) is 50.7 Å². The van der Waals surface area contributed by atoms with Gasteiger partial charge < -0.3 is 14.8 Å². The molecule has 0 bridgehead atoms. The fourth-order valence-corrected chi connectivity index (χ4v) is 9.14. The number of hydrogen-bond acceptors (Lipinski definition) is 8. The molecule has 0 fully saturated rings. The molecule has 6 rings (SSSR count). The molecule has 0 spiro atoms. The van der Waals surface area contributed by atoms with E-state index in [9.17, 15) is 31.0 Å². The minimum absolute atomic E-state index is 0.0714. The summed E-state index contributed by atoms with van der Waals surface area (Å²) in [6.07, 6.45) is -1.38. The van der Waals surface area contributed by atoms with Gasteiger partial charge in [-0.15, -0.1) is 0 Å². The molecule has 0 saturated carbocycles. The second-order valence-corrected chi connectivity index (χ2v) is 16.9. The number of nitrogens with zero attached hydrogens (tertiary/aromatic N) is 1. The standard InChI is InChI=1S/2C19H21NO5S/c1-19(2,12-26(22,23)24)20(18(21)25-3)17-15-10-6-4-8-13(15)14-9-5-7-11-16(14)17;1-19(2,12-26(22,23)24)20-18(21)25-11-17-15-9-5-3-7-13(15)14-8-4-6-10-16(14)17/h4-11,17H,12H2,1-3H3,(H,22,23,24);3-10,17H,11-12H2,1-2H3,(H,20,21)(H,22,23,24). The van der Waals surface area contributed by atoms with E-state index in [-0.39, 0.29) is 12.5 Å². The molecule has 0 aliphatic heterocycles. The van der Waals surface area contributed by atoms with Gasteiger partial charge in [-0.3, -0.25) is 14.0 Å². The van der Waals surface area contributed by atoms with Crippen LogP contribution in [-0.4, -0.2) is 79.3 Å². The molecule has 0 unspecified atom stereocenters. The summed E-state index contributed by atoms with van der Waals surface area (Å²) in [7, 11) is -7.26. The number of carbonyl (C=O) groups is 2. The smallest absolute Gasteiger partial charge is 0.410 e. The number of carbonyl (C=O) groups excluding carboxylic acids is 2. The first-order valence-electron chi connectivity index (χ1n) is 16.4. The van der Waals surface area contributed by atoms with Crippen LogP contribution in [0.25, 0.3) is 22.3 Å². The Morgan fingerprint density at radius 3 is 1.46 bits per heavy atom. The molecule has 4 aromatic carbocycles. The fourth-order valence-electron chi connectivity index (χ4n) is 7.13. The Kier molecular flexibility index (Phi) is 10.9. The van der Waals surface area contributed by atoms with Gasteiger partial charge in [-0.05, 0) is 72.2 Å². The van der Waals surface area contributed by atoms with Crippen LogP contribution >= 0.6 is 0 Å². The van der Waals surface area contributed by atoms with Crippen molar-refractivity contribution in [2.75, 3.05) is 25.2 Å². The Labute approximate surface area is 304 Å². The maximum atomic E-state index is 12.7. The van der Waals surface area contributed by atoms with E-state index in [0.717, 1.165) is 44.5 Å². The number of benzene rings is 4. The van der Waals surface area contributed by atoms with E-state index in [0.29, 0.717) is 0 Å². The summed E-state index contributed by atoms with van der Waals surface area (Å²) >= 11 is 0. The number of ether oxygens (including phenoxy) is 2. The molecular weight excluding hydrogens is 709 g/mol. The molecule has 0 saturated heterocycles. The zero-order valence-corrected chi connectivity index (χ0v) is 31.1. The Balaban J connectivity index is 0.000000201. The van der Waals surface area contributed by atoms with Gasteiger partial charge in [-0.1, -0.05) is 97.1 Å². The van der Waals surface area contributed by atoms with E-state index in [4.69, 9.17) is 14.0 Å². The quantitative estimate of drug-likeness (QED) is 0.156. The third-order valence-electron chi connectivity index (χ3n) is 8.95. The second-order valence-electron chi connectivity index (χ2n) is 14.0. The third kappa shape index (κ3) is 8.64. The molecule has 12 nitrogen and oxygen atoms in total. The van der Waals surface area contributed by atoms with E-state index in [1.54, 1.807) is 13.8 Å². The normalized spacial score (nSPS) is 13.8. The van der Waals surface area contributed by atoms with Crippen molar-refractivity contribution in [1.82, 2.24) is 10.2 Å². The first-order chi connectivity index (χ1) is 24.3. The van der Waals surface area contributed by atoms with Crippen LogP contribution in [0.5, 0.6) is 0 Å². The molecule has 14 heteroatoms. The van der Waals surface area contributed by atoms with Gasteiger partial charge in [0.2, 0.25) is 0 Å². The minimum Gasteiger partial charge on any atom is -0.453 e. The lowest BCUT2D eigenvalue weighted by atomic mass is 9.97. The largest absolute Gasteiger partial charge is 0.453 e. The minimum atomic E-state index is -4.30. The van der Waals surface area contributed by atoms with Gasteiger partial charge in [0.1, 0.15) is 6.61 Å². The zero-order valence-electron chi connectivity index (χ0n) is 29.4. The SMILES string of the molecule is CC(C)(CS(=O)(=O)O)NC(=O)OCC1c2ccccc2-c2ccccc21.COC(=O)N(C1c2ccccc2-c2ccccc21)C(C)(C)CS(=O)(=O)O. The molecule has 52 heavy (non-hydrogen) atoms. The lowest BCUT2D eigenvalue weighted by Gasteiger charge is -2.41. The monoisotopic (exact) mass is 750 g/mol. The Morgan fingerprint density at radius 2 is 1.06 bits per heavy atom. The van der Waals surface area contributed by atoms with Gasteiger partial charge >= 0.3 is 12.2 Å². The van der Waals surface area contributed by atoms with E-state index >= 15 is 0 Å². The number of rotatable bonds is 9. The van der Waals surface area contributed by atoms with E-state index in [2.05, 4.69) is 5.32 Å². The Bertz CT molecular complexity index is 2110. The second kappa shape index (κ2) is 14.7. The van der Waals surface area contributed by atoms with Crippen molar-refractivity contribution in [3.63, 3.8) is 0 Å². The van der Waals surface area contributed by atoms with Crippen LogP contribution in [0.3, 0.4) is 0 Å².